The molecule has 1 aliphatic carbocycles. The zero-order valence-electron chi connectivity index (χ0n) is 34.6. The summed E-state index contributed by atoms with van der Waals surface area (Å²) >= 11 is 2.00. The first-order valence-electron chi connectivity index (χ1n) is 21.8. The quantitative estimate of drug-likeness (QED) is 0.161. The van der Waals surface area contributed by atoms with E-state index in [-0.39, 0.29) is 23.2 Å². The molecule has 5 heterocycles. The van der Waals surface area contributed by atoms with E-state index >= 15 is 0 Å². The second kappa shape index (κ2) is 11.4. The van der Waals surface area contributed by atoms with Crippen LogP contribution in [0.2, 0.25) is 0 Å². The Balaban J connectivity index is 1.25. The summed E-state index contributed by atoms with van der Waals surface area (Å²) in [6.45, 7) is 12.6. The van der Waals surface area contributed by atoms with E-state index in [1.54, 1.807) is 5.56 Å². The van der Waals surface area contributed by atoms with Crippen molar-refractivity contribution in [2.24, 2.45) is 0 Å². The maximum Gasteiger partial charge on any atom is 0.328 e. The third-order valence-electron chi connectivity index (χ3n) is 15.8. The van der Waals surface area contributed by atoms with Crippen LogP contribution in [0.4, 0.5) is 22.7 Å². The molecule has 0 N–H and O–H groups in total. The number of anilines is 4. The van der Waals surface area contributed by atoms with Gasteiger partial charge < -0.3 is 9.71 Å². The Morgan fingerprint density at radius 3 is 2.05 bits per heavy atom. The molecule has 0 radical (unpaired) electrons. The summed E-state index contributed by atoms with van der Waals surface area (Å²) < 4.78 is 2.79. The lowest BCUT2D eigenvalue weighted by Gasteiger charge is -2.56. The number of benzene rings is 7. The fourth-order valence-corrected chi connectivity index (χ4v) is 14.2. The predicted octanol–water partition coefficient (Wildman–Crippen LogP) is 13.0. The molecule has 5 aliphatic rings. The van der Waals surface area contributed by atoms with Gasteiger partial charge in [0.25, 0.3) is 0 Å². The molecule has 4 aliphatic heterocycles. The Hall–Kier alpha value is -5.58. The Morgan fingerprint density at radius 1 is 0.610 bits per heavy atom. The predicted molar refractivity (Wildman–Crippen MR) is 252 cm³/mol. The molecule has 1 aromatic heterocycles. The van der Waals surface area contributed by atoms with Crippen LogP contribution >= 0.6 is 11.3 Å². The van der Waals surface area contributed by atoms with Gasteiger partial charge in [-0.1, -0.05) is 162 Å². The monoisotopic (exact) mass is 778 g/mol. The Morgan fingerprint density at radius 2 is 1.29 bits per heavy atom. The van der Waals surface area contributed by atoms with Crippen molar-refractivity contribution in [1.82, 2.24) is 0 Å². The molecule has 1 fully saturated rings. The minimum Gasteiger partial charge on any atom is -0.400 e. The first-order chi connectivity index (χ1) is 28.7. The topological polar surface area (TPSA) is 6.48 Å². The number of thiophene rings is 1. The maximum absolute atomic E-state index is 3.01. The van der Waals surface area contributed by atoms with Crippen LogP contribution in [0.25, 0.3) is 31.3 Å². The number of hydrogen-bond donors (Lipinski definition) is 0. The lowest BCUT2D eigenvalue weighted by atomic mass is 9.41. The standard InChI is InChI=1S/C55H47BN2S/c1-52(2,3)36-31-39-47-48-45(33-38-37-23-12-15-28-46(37)59-51(38)47)57-44-27-14-13-24-40(44)55(34-19-8-6-9-20-34,35-21-10-7-11-22-35)41-25-18-26-43(50(41)57)56(48)58-49(39)42(32-36)53(4)29-16-17-30-54(53,58)5/h6-15,18-28,31-33H,16-17,29-30H2,1-5H3. The third kappa shape index (κ3) is 4.01. The van der Waals surface area contributed by atoms with E-state index < -0.39 is 5.41 Å². The van der Waals surface area contributed by atoms with Crippen molar-refractivity contribution in [2.75, 3.05) is 9.71 Å². The zero-order chi connectivity index (χ0) is 39.6. The summed E-state index contributed by atoms with van der Waals surface area (Å²) in [5.74, 6) is 0. The van der Waals surface area contributed by atoms with Gasteiger partial charge in [-0.25, -0.2) is 0 Å². The van der Waals surface area contributed by atoms with Gasteiger partial charge in [-0.2, -0.15) is 0 Å². The molecular formula is C55H47BN2S. The molecule has 4 heteroatoms. The van der Waals surface area contributed by atoms with Crippen LogP contribution in [0.5, 0.6) is 0 Å². The maximum atomic E-state index is 3.01. The number of para-hydroxylation sites is 2. The van der Waals surface area contributed by atoms with Gasteiger partial charge in [0.1, 0.15) is 0 Å². The van der Waals surface area contributed by atoms with Crippen LogP contribution < -0.4 is 20.6 Å². The van der Waals surface area contributed by atoms with Gasteiger partial charge in [-0.3, -0.25) is 0 Å². The molecule has 2 atom stereocenters. The summed E-state index contributed by atoms with van der Waals surface area (Å²) in [6.07, 6.45) is 4.94. The average molecular weight is 779 g/mol. The largest absolute Gasteiger partial charge is 0.400 e. The van der Waals surface area contributed by atoms with E-state index in [1.807, 2.05) is 11.3 Å². The van der Waals surface area contributed by atoms with Crippen molar-refractivity contribution in [1.29, 1.82) is 0 Å². The normalized spacial score (nSPS) is 21.5. The smallest absolute Gasteiger partial charge is 0.328 e. The first-order valence-corrected chi connectivity index (χ1v) is 22.6. The molecular weight excluding hydrogens is 731 g/mol. The first kappa shape index (κ1) is 34.3. The Labute approximate surface area is 352 Å². The Kier molecular flexibility index (Phi) is 6.61. The third-order valence-corrected chi connectivity index (χ3v) is 17.0. The highest BCUT2D eigenvalue weighted by atomic mass is 32.1. The summed E-state index contributed by atoms with van der Waals surface area (Å²) in [7, 11) is 0. The van der Waals surface area contributed by atoms with Crippen molar-refractivity contribution in [3.63, 3.8) is 0 Å². The Bertz CT molecular complexity index is 3060. The van der Waals surface area contributed by atoms with Gasteiger partial charge in [0.15, 0.2) is 0 Å². The average Bonchev–Trinajstić information content (AvgIpc) is 3.73. The second-order valence-electron chi connectivity index (χ2n) is 19.5. The van der Waals surface area contributed by atoms with Gasteiger partial charge in [0.2, 0.25) is 0 Å². The van der Waals surface area contributed by atoms with Crippen molar-refractivity contribution in [2.45, 2.75) is 82.1 Å². The number of nitrogens with zero attached hydrogens (tertiary/aromatic N) is 2. The molecule has 7 aromatic carbocycles. The van der Waals surface area contributed by atoms with Gasteiger partial charge in [0.05, 0.1) is 11.1 Å². The SMILES string of the molecule is CC(C)(C)c1cc2c3c(c1)C1(C)CCCCC1(C)N3B1c3cccc4c3N(c3ccccc3C4(c3ccccc3)c3ccccc3)c3cc4c(sc5ccccc54)c-2c31. The molecule has 2 nitrogen and oxygen atoms in total. The highest BCUT2D eigenvalue weighted by molar-refractivity contribution is 7.26. The highest BCUT2D eigenvalue weighted by Crippen LogP contribution is 2.66. The second-order valence-corrected chi connectivity index (χ2v) is 20.5. The molecule has 0 bridgehead atoms. The van der Waals surface area contributed by atoms with Crippen molar-refractivity contribution < 1.29 is 0 Å². The molecule has 286 valence electrons. The molecule has 0 spiro atoms. The van der Waals surface area contributed by atoms with Gasteiger partial charge in [-0.05, 0) is 93.8 Å². The van der Waals surface area contributed by atoms with Crippen LogP contribution in [-0.2, 0) is 16.2 Å². The van der Waals surface area contributed by atoms with Crippen molar-refractivity contribution in [3.8, 4) is 11.1 Å². The van der Waals surface area contributed by atoms with Crippen molar-refractivity contribution in [3.05, 3.63) is 179 Å². The van der Waals surface area contributed by atoms with Crippen LogP contribution in [0, 0.1) is 0 Å². The van der Waals surface area contributed by atoms with Crippen LogP contribution in [0.3, 0.4) is 0 Å². The molecule has 13 rings (SSSR count). The lowest BCUT2D eigenvalue weighted by Crippen LogP contribution is -2.71. The van der Waals surface area contributed by atoms with Gasteiger partial charge in [0, 0.05) is 59.3 Å². The van der Waals surface area contributed by atoms with E-state index in [0.717, 1.165) is 0 Å². The minimum atomic E-state index is -0.520. The molecule has 59 heavy (non-hydrogen) atoms. The van der Waals surface area contributed by atoms with Crippen LogP contribution in [-0.4, -0.2) is 12.4 Å². The summed E-state index contributed by atoms with van der Waals surface area (Å²) in [4.78, 5) is 5.72. The van der Waals surface area contributed by atoms with Crippen LogP contribution in [0.15, 0.2) is 146 Å². The number of hydrogen-bond acceptors (Lipinski definition) is 3. The molecule has 0 saturated heterocycles. The van der Waals surface area contributed by atoms with E-state index in [9.17, 15) is 0 Å². The van der Waals surface area contributed by atoms with E-state index in [1.165, 1.54) is 118 Å². The fourth-order valence-electron chi connectivity index (χ4n) is 12.9. The number of rotatable bonds is 2. The molecule has 0 amide bonds. The summed E-state index contributed by atoms with van der Waals surface area (Å²) in [5, 5.41) is 2.73. The lowest BCUT2D eigenvalue weighted by molar-refractivity contribution is 0.199. The summed E-state index contributed by atoms with van der Waals surface area (Å²) in [5.41, 5.74) is 19.0. The van der Waals surface area contributed by atoms with Crippen LogP contribution in [0.1, 0.15) is 93.7 Å². The minimum absolute atomic E-state index is 0.0108. The molecule has 8 aromatic rings. The van der Waals surface area contributed by atoms with E-state index in [2.05, 4.69) is 190 Å². The molecule has 2 unspecified atom stereocenters. The highest BCUT2D eigenvalue weighted by Gasteiger charge is 2.64. The zero-order valence-corrected chi connectivity index (χ0v) is 35.4. The fraction of sp³-hybridized carbons (Fsp3) is 0.236. The van der Waals surface area contributed by atoms with Gasteiger partial charge in [-0.15, -0.1) is 11.3 Å². The number of fused-ring (bicyclic) bond motifs is 13. The van der Waals surface area contributed by atoms with E-state index in [4.69, 9.17) is 0 Å². The van der Waals surface area contributed by atoms with E-state index in [0.29, 0.717) is 0 Å². The molecule has 1 saturated carbocycles. The van der Waals surface area contributed by atoms with Gasteiger partial charge >= 0.3 is 6.85 Å². The van der Waals surface area contributed by atoms with Crippen molar-refractivity contribution >= 4 is 72.0 Å². The summed E-state index contributed by atoms with van der Waals surface area (Å²) in [6, 6.07) is 56.4.